The summed E-state index contributed by atoms with van der Waals surface area (Å²) >= 11 is 0. The highest BCUT2D eigenvalue weighted by atomic mass is 16.5. The molecule has 0 spiro atoms. The molecule has 0 radical (unpaired) electrons. The molecule has 0 saturated carbocycles. The van der Waals surface area contributed by atoms with E-state index in [9.17, 15) is 14.7 Å². The molecule has 1 aromatic heterocycles. The number of phenols is 1. The highest BCUT2D eigenvalue weighted by Crippen LogP contribution is 2.25. The molecular weight excluding hydrogens is 346 g/mol. The first-order valence-corrected chi connectivity index (χ1v) is 8.61. The second-order valence-corrected chi connectivity index (χ2v) is 6.43. The maximum absolute atomic E-state index is 12.4. The summed E-state index contributed by atoms with van der Waals surface area (Å²) in [5.74, 6) is -0.694. The van der Waals surface area contributed by atoms with E-state index in [0.29, 0.717) is 17.7 Å². The molecule has 2 aromatic carbocycles. The average Bonchev–Trinajstić information content (AvgIpc) is 3.03. The zero-order valence-corrected chi connectivity index (χ0v) is 15.2. The van der Waals surface area contributed by atoms with E-state index in [1.54, 1.807) is 20.0 Å². The Morgan fingerprint density at radius 3 is 2.67 bits per heavy atom. The Kier molecular flexibility index (Phi) is 5.45. The average molecular weight is 367 g/mol. The number of esters is 1. The van der Waals surface area contributed by atoms with Gasteiger partial charge in [0.05, 0.1) is 12.7 Å². The summed E-state index contributed by atoms with van der Waals surface area (Å²) < 4.78 is 10.6. The summed E-state index contributed by atoms with van der Waals surface area (Å²) in [6, 6.07) is 14.3. The van der Waals surface area contributed by atoms with E-state index in [4.69, 9.17) is 9.15 Å². The van der Waals surface area contributed by atoms with E-state index >= 15 is 0 Å². The van der Waals surface area contributed by atoms with Crippen LogP contribution in [0.4, 0.5) is 0 Å². The van der Waals surface area contributed by atoms with Crippen molar-refractivity contribution in [1.29, 1.82) is 0 Å². The van der Waals surface area contributed by atoms with Crippen LogP contribution in [0.25, 0.3) is 11.0 Å². The minimum absolute atomic E-state index is 0.0161. The van der Waals surface area contributed by atoms with Gasteiger partial charge in [-0.15, -0.1) is 0 Å². The molecule has 0 saturated heterocycles. The van der Waals surface area contributed by atoms with Gasteiger partial charge in [0.2, 0.25) is 0 Å². The normalized spacial score (nSPS) is 11.9. The number of ether oxygens (including phenoxy) is 1. The van der Waals surface area contributed by atoms with Crippen LogP contribution < -0.4 is 0 Å². The molecule has 27 heavy (non-hydrogen) atoms. The molecule has 1 N–H and O–H groups in total. The molecule has 1 amide bonds. The van der Waals surface area contributed by atoms with Gasteiger partial charge in [-0.3, -0.25) is 9.59 Å². The Bertz CT molecular complexity index is 948. The summed E-state index contributed by atoms with van der Waals surface area (Å²) in [5, 5.41) is 10.2. The van der Waals surface area contributed by atoms with Gasteiger partial charge in [0, 0.05) is 30.6 Å². The van der Waals surface area contributed by atoms with Crippen molar-refractivity contribution >= 4 is 22.8 Å². The van der Waals surface area contributed by atoms with Crippen molar-refractivity contribution < 1.29 is 23.8 Å². The third kappa shape index (κ3) is 4.47. The lowest BCUT2D eigenvalue weighted by Crippen LogP contribution is -2.37. The van der Waals surface area contributed by atoms with E-state index in [2.05, 4.69) is 0 Å². The van der Waals surface area contributed by atoms with Crippen LogP contribution in [0.15, 0.2) is 59.2 Å². The van der Waals surface area contributed by atoms with E-state index in [1.807, 2.05) is 30.3 Å². The van der Waals surface area contributed by atoms with Crippen molar-refractivity contribution in [1.82, 2.24) is 4.90 Å². The maximum atomic E-state index is 12.4. The Labute approximate surface area is 157 Å². The van der Waals surface area contributed by atoms with Gasteiger partial charge in [-0.1, -0.05) is 30.3 Å². The van der Waals surface area contributed by atoms with Crippen LogP contribution in [0.3, 0.4) is 0 Å². The number of amides is 1. The molecule has 3 aromatic rings. The van der Waals surface area contributed by atoms with Crippen LogP contribution in [0.2, 0.25) is 0 Å². The summed E-state index contributed by atoms with van der Waals surface area (Å²) in [6.45, 7) is 2.00. The highest BCUT2D eigenvalue weighted by Gasteiger charge is 2.22. The number of hydrogen-bond acceptors (Lipinski definition) is 5. The maximum Gasteiger partial charge on any atom is 0.311 e. The number of furan rings is 1. The Hall–Kier alpha value is -3.28. The van der Waals surface area contributed by atoms with Gasteiger partial charge in [0.1, 0.15) is 11.3 Å². The Morgan fingerprint density at radius 1 is 1.19 bits per heavy atom. The van der Waals surface area contributed by atoms with E-state index in [1.165, 1.54) is 23.3 Å². The van der Waals surface area contributed by atoms with Gasteiger partial charge in [-0.25, -0.2) is 0 Å². The number of rotatable bonds is 6. The number of aromatic hydroxyl groups is 1. The summed E-state index contributed by atoms with van der Waals surface area (Å²) in [6.07, 6.45) is 0.561. The number of phenolic OH excluding ortho intramolecular Hbond substituents is 1. The molecule has 3 rings (SSSR count). The predicted molar refractivity (Wildman–Crippen MR) is 100 cm³/mol. The molecule has 6 heteroatoms. The van der Waals surface area contributed by atoms with Gasteiger partial charge < -0.3 is 19.2 Å². The molecule has 140 valence electrons. The zero-order valence-electron chi connectivity index (χ0n) is 15.2. The first kappa shape index (κ1) is 18.5. The van der Waals surface area contributed by atoms with Gasteiger partial charge >= 0.3 is 5.97 Å². The van der Waals surface area contributed by atoms with Crippen LogP contribution in [-0.2, 0) is 27.3 Å². The van der Waals surface area contributed by atoms with Crippen molar-refractivity contribution in [2.75, 3.05) is 7.05 Å². The van der Waals surface area contributed by atoms with Gasteiger partial charge in [-0.2, -0.15) is 0 Å². The number of hydrogen-bond donors (Lipinski definition) is 1. The number of likely N-dealkylation sites (N-methyl/N-ethyl adjacent to an activating group) is 1. The number of benzene rings is 2. The van der Waals surface area contributed by atoms with Crippen LogP contribution >= 0.6 is 0 Å². The monoisotopic (exact) mass is 367 g/mol. The van der Waals surface area contributed by atoms with Crippen molar-refractivity contribution in [3.63, 3.8) is 0 Å². The van der Waals surface area contributed by atoms with Crippen LogP contribution in [0.5, 0.6) is 5.75 Å². The van der Waals surface area contributed by atoms with Crippen molar-refractivity contribution in [3.8, 4) is 5.75 Å². The second kappa shape index (κ2) is 7.95. The standard InChI is InChI=1S/C21H21NO5/c1-14(21(25)22(2)12-15-6-4-3-5-7-15)27-20(24)10-16-13-26-19-11-17(23)8-9-18(16)19/h3-9,11,13-14,23H,10,12H2,1-2H3/t14-/m0/s1. The van der Waals surface area contributed by atoms with E-state index in [0.717, 1.165) is 10.9 Å². The van der Waals surface area contributed by atoms with Crippen molar-refractivity contribution in [2.24, 2.45) is 0 Å². The summed E-state index contributed by atoms with van der Waals surface area (Å²) in [5.41, 5.74) is 2.14. The SMILES string of the molecule is C[C@H](OC(=O)Cc1coc2cc(O)ccc12)C(=O)N(C)Cc1ccccc1. The fraction of sp³-hybridized carbons (Fsp3) is 0.238. The molecule has 0 fully saturated rings. The highest BCUT2D eigenvalue weighted by molar-refractivity contribution is 5.88. The molecule has 1 heterocycles. The molecule has 0 bridgehead atoms. The van der Waals surface area contributed by atoms with Gasteiger partial charge in [0.25, 0.3) is 5.91 Å². The number of fused-ring (bicyclic) bond motifs is 1. The minimum Gasteiger partial charge on any atom is -0.508 e. The molecule has 0 aliphatic carbocycles. The van der Waals surface area contributed by atoms with Crippen LogP contribution in [0.1, 0.15) is 18.1 Å². The lowest BCUT2D eigenvalue weighted by Gasteiger charge is -2.21. The van der Waals surface area contributed by atoms with Crippen molar-refractivity contribution in [3.05, 3.63) is 65.9 Å². The van der Waals surface area contributed by atoms with E-state index < -0.39 is 12.1 Å². The molecule has 0 unspecified atom stereocenters. The lowest BCUT2D eigenvalue weighted by molar-refractivity contribution is -0.158. The lowest BCUT2D eigenvalue weighted by atomic mass is 10.1. The zero-order chi connectivity index (χ0) is 19.4. The van der Waals surface area contributed by atoms with Gasteiger partial charge in [0.15, 0.2) is 6.10 Å². The molecular formula is C21H21NO5. The van der Waals surface area contributed by atoms with E-state index in [-0.39, 0.29) is 18.1 Å². The predicted octanol–water partition coefficient (Wildman–Crippen LogP) is 3.27. The summed E-state index contributed by atoms with van der Waals surface area (Å²) in [7, 11) is 1.68. The fourth-order valence-corrected chi connectivity index (χ4v) is 2.90. The topological polar surface area (TPSA) is 80.0 Å². The number of carbonyl (C=O) groups is 2. The number of nitrogens with zero attached hydrogens (tertiary/aromatic N) is 1. The Morgan fingerprint density at radius 2 is 1.93 bits per heavy atom. The van der Waals surface area contributed by atoms with Crippen LogP contribution in [-0.4, -0.2) is 35.0 Å². The fourth-order valence-electron chi connectivity index (χ4n) is 2.90. The summed E-state index contributed by atoms with van der Waals surface area (Å²) in [4.78, 5) is 26.2. The molecule has 6 nitrogen and oxygen atoms in total. The van der Waals surface area contributed by atoms with Crippen LogP contribution in [0, 0.1) is 0 Å². The molecule has 0 aliphatic heterocycles. The largest absolute Gasteiger partial charge is 0.508 e. The molecule has 0 aliphatic rings. The third-order valence-electron chi connectivity index (χ3n) is 4.27. The molecule has 1 atom stereocenters. The third-order valence-corrected chi connectivity index (χ3v) is 4.27. The second-order valence-electron chi connectivity index (χ2n) is 6.43. The quantitative estimate of drug-likeness (QED) is 0.677. The minimum atomic E-state index is -0.881. The first-order chi connectivity index (χ1) is 12.9. The first-order valence-electron chi connectivity index (χ1n) is 8.61. The number of carbonyl (C=O) groups excluding carboxylic acids is 2. The Balaban J connectivity index is 1.58. The van der Waals surface area contributed by atoms with Crippen molar-refractivity contribution in [2.45, 2.75) is 26.0 Å². The smallest absolute Gasteiger partial charge is 0.311 e. The van der Waals surface area contributed by atoms with Gasteiger partial charge in [-0.05, 0) is 24.6 Å².